The molecule has 4 rings (SSSR count). The number of rotatable bonds is 9. The molecule has 2 aromatic carbocycles. The molecule has 0 unspecified atom stereocenters. The molecule has 8 nitrogen and oxygen atoms in total. The molecule has 0 bridgehead atoms. The Morgan fingerprint density at radius 3 is 2.31 bits per heavy atom. The highest BCUT2D eigenvalue weighted by Crippen LogP contribution is 2.42. The van der Waals surface area contributed by atoms with Gasteiger partial charge in [0, 0.05) is 15.5 Å². The first-order chi connectivity index (χ1) is 20.0. The van der Waals surface area contributed by atoms with Crippen LogP contribution in [-0.4, -0.2) is 41.2 Å². The number of aromatic carboxylic acids is 1. The Hall–Kier alpha value is -2.47. The third-order valence-corrected chi connectivity index (χ3v) is 10.3. The summed E-state index contributed by atoms with van der Waals surface area (Å²) in [6.07, 6.45) is 4.75. The van der Waals surface area contributed by atoms with Crippen LogP contribution in [0.3, 0.4) is 0 Å². The van der Waals surface area contributed by atoms with Crippen LogP contribution in [0.25, 0.3) is 0 Å². The van der Waals surface area contributed by atoms with Gasteiger partial charge in [0.25, 0.3) is 5.91 Å². The molecular formula is C28H24Cl4N2O6S2. The van der Waals surface area contributed by atoms with Crippen molar-refractivity contribution in [1.82, 2.24) is 0 Å². The van der Waals surface area contributed by atoms with Gasteiger partial charge in [0.1, 0.15) is 5.00 Å². The molecule has 0 aliphatic heterocycles. The number of carboxylic acids is 1. The fourth-order valence-electron chi connectivity index (χ4n) is 4.46. The SMILES string of the molecule is CCOC(=O)c1c(NC(=O)CSc2cccc(NC(=O)c3c(Cl)c(Cl)c(Cl)c(Cl)c3C(=O)O)c2)sc2c1CCCCC2. The summed E-state index contributed by atoms with van der Waals surface area (Å²) in [6, 6.07) is 6.60. The number of aryl methyl sites for hydroxylation is 1. The normalized spacial score (nSPS) is 12.7. The zero-order valence-electron chi connectivity index (χ0n) is 22.1. The van der Waals surface area contributed by atoms with E-state index in [1.54, 1.807) is 31.2 Å². The Morgan fingerprint density at radius 1 is 0.929 bits per heavy atom. The summed E-state index contributed by atoms with van der Waals surface area (Å²) in [4.78, 5) is 52.3. The van der Waals surface area contributed by atoms with Gasteiger partial charge in [-0.25, -0.2) is 9.59 Å². The fraction of sp³-hybridized carbons (Fsp3) is 0.286. The van der Waals surface area contributed by atoms with E-state index in [0.29, 0.717) is 21.1 Å². The molecule has 1 aliphatic carbocycles. The van der Waals surface area contributed by atoms with Crippen molar-refractivity contribution in [1.29, 1.82) is 0 Å². The van der Waals surface area contributed by atoms with Crippen molar-refractivity contribution in [3.8, 4) is 0 Å². The standard InChI is InChI=1S/C28H24Cl4N2O6S2/c1-2-40-28(39)18-15-9-4-3-5-10-16(15)42-26(18)34-17(35)12-41-14-8-6-7-13(11-14)33-25(36)19-20(27(37)38)22(30)24(32)23(31)21(19)29/h6-8,11H,2-5,9-10,12H2,1H3,(H,33,36)(H,34,35)(H,37,38). The predicted octanol–water partition coefficient (Wildman–Crippen LogP) is 8.49. The minimum absolute atomic E-state index is 0.0274. The van der Waals surface area contributed by atoms with Crippen LogP contribution in [-0.2, 0) is 22.4 Å². The quantitative estimate of drug-likeness (QED) is 0.0677. The van der Waals surface area contributed by atoms with Crippen LogP contribution in [0.5, 0.6) is 0 Å². The van der Waals surface area contributed by atoms with Crippen molar-refractivity contribution in [2.75, 3.05) is 23.0 Å². The van der Waals surface area contributed by atoms with Gasteiger partial charge in [-0.3, -0.25) is 9.59 Å². The van der Waals surface area contributed by atoms with Gasteiger partial charge < -0.3 is 20.5 Å². The smallest absolute Gasteiger partial charge is 0.341 e. The second kappa shape index (κ2) is 14.3. The van der Waals surface area contributed by atoms with Gasteiger partial charge in [-0.05, 0) is 56.4 Å². The van der Waals surface area contributed by atoms with Crippen LogP contribution in [0.15, 0.2) is 29.2 Å². The Bertz CT molecular complexity index is 1580. The molecule has 1 aliphatic rings. The van der Waals surface area contributed by atoms with E-state index in [2.05, 4.69) is 10.6 Å². The summed E-state index contributed by atoms with van der Waals surface area (Å²) >= 11 is 26.9. The van der Waals surface area contributed by atoms with Crippen LogP contribution in [0, 0.1) is 0 Å². The first kappa shape index (κ1) is 32.4. The zero-order chi connectivity index (χ0) is 30.6. The van der Waals surface area contributed by atoms with Gasteiger partial charge in [0.05, 0.1) is 49.1 Å². The molecule has 0 atom stereocenters. The van der Waals surface area contributed by atoms with Crippen molar-refractivity contribution in [2.24, 2.45) is 0 Å². The topological polar surface area (TPSA) is 122 Å². The minimum atomic E-state index is -1.51. The Balaban J connectivity index is 1.47. The number of carbonyl (C=O) groups is 4. The lowest BCUT2D eigenvalue weighted by atomic mass is 10.1. The van der Waals surface area contributed by atoms with Crippen molar-refractivity contribution < 1.29 is 29.0 Å². The number of fused-ring (bicyclic) bond motifs is 1. The maximum atomic E-state index is 13.1. The Morgan fingerprint density at radius 2 is 1.62 bits per heavy atom. The molecule has 0 saturated heterocycles. The molecule has 0 saturated carbocycles. The molecule has 0 spiro atoms. The lowest BCUT2D eigenvalue weighted by molar-refractivity contribution is -0.113. The molecule has 222 valence electrons. The molecule has 42 heavy (non-hydrogen) atoms. The van der Waals surface area contributed by atoms with E-state index in [0.717, 1.165) is 42.5 Å². The van der Waals surface area contributed by atoms with Crippen LogP contribution >= 0.6 is 69.5 Å². The first-order valence-electron chi connectivity index (χ1n) is 12.8. The number of ether oxygens (including phenoxy) is 1. The van der Waals surface area contributed by atoms with Crippen LogP contribution < -0.4 is 10.6 Å². The summed E-state index contributed by atoms with van der Waals surface area (Å²) in [5.74, 6) is -3.08. The highest BCUT2D eigenvalue weighted by atomic mass is 35.5. The van der Waals surface area contributed by atoms with Crippen molar-refractivity contribution >= 4 is 104 Å². The monoisotopic (exact) mass is 688 g/mol. The number of thioether (sulfide) groups is 1. The molecule has 14 heteroatoms. The summed E-state index contributed by atoms with van der Waals surface area (Å²) in [7, 11) is 0. The Kier molecular flexibility index (Phi) is 11.1. The number of benzene rings is 2. The van der Waals surface area contributed by atoms with E-state index in [4.69, 9.17) is 51.1 Å². The number of nitrogens with one attached hydrogen (secondary N) is 2. The number of halogens is 4. The maximum Gasteiger partial charge on any atom is 0.341 e. The van der Waals surface area contributed by atoms with Crippen LogP contribution in [0.4, 0.5) is 10.7 Å². The number of hydrogen-bond donors (Lipinski definition) is 3. The first-order valence-corrected chi connectivity index (χ1v) is 16.1. The van der Waals surface area contributed by atoms with Gasteiger partial charge in [0.15, 0.2) is 0 Å². The van der Waals surface area contributed by atoms with Gasteiger partial charge in [-0.1, -0.05) is 58.9 Å². The molecule has 0 fully saturated rings. The highest BCUT2D eigenvalue weighted by molar-refractivity contribution is 8.00. The number of hydrogen-bond acceptors (Lipinski definition) is 7. The van der Waals surface area contributed by atoms with Gasteiger partial charge in [-0.2, -0.15) is 0 Å². The number of carboxylic acid groups (broad SMARTS) is 1. The summed E-state index contributed by atoms with van der Waals surface area (Å²) in [5.41, 5.74) is 0.712. The van der Waals surface area contributed by atoms with Crippen LogP contribution in [0.1, 0.15) is 67.7 Å². The van der Waals surface area contributed by atoms with Gasteiger partial charge in [-0.15, -0.1) is 23.1 Å². The second-order valence-electron chi connectivity index (χ2n) is 9.12. The molecule has 1 heterocycles. The molecular weight excluding hydrogens is 666 g/mol. The van der Waals surface area contributed by atoms with E-state index in [1.807, 2.05) is 0 Å². The van der Waals surface area contributed by atoms with E-state index in [-0.39, 0.29) is 33.3 Å². The van der Waals surface area contributed by atoms with E-state index < -0.39 is 34.0 Å². The van der Waals surface area contributed by atoms with Crippen molar-refractivity contribution in [3.05, 3.63) is 71.5 Å². The number of esters is 1. The van der Waals surface area contributed by atoms with Crippen molar-refractivity contribution in [3.63, 3.8) is 0 Å². The van der Waals surface area contributed by atoms with E-state index in [1.165, 1.54) is 23.1 Å². The third-order valence-electron chi connectivity index (χ3n) is 6.32. The summed E-state index contributed by atoms with van der Waals surface area (Å²) < 4.78 is 5.28. The highest BCUT2D eigenvalue weighted by Gasteiger charge is 2.29. The lowest BCUT2D eigenvalue weighted by Crippen LogP contribution is -2.18. The zero-order valence-corrected chi connectivity index (χ0v) is 26.7. The third kappa shape index (κ3) is 7.18. The minimum Gasteiger partial charge on any atom is -0.478 e. The molecule has 0 radical (unpaired) electrons. The molecule has 3 N–H and O–H groups in total. The fourth-order valence-corrected chi connectivity index (χ4v) is 7.53. The number of thiophene rings is 1. The van der Waals surface area contributed by atoms with Crippen LogP contribution in [0.2, 0.25) is 20.1 Å². The largest absolute Gasteiger partial charge is 0.478 e. The van der Waals surface area contributed by atoms with Gasteiger partial charge in [0.2, 0.25) is 5.91 Å². The summed E-state index contributed by atoms with van der Waals surface area (Å²) in [5, 5.41) is 14.3. The van der Waals surface area contributed by atoms with E-state index in [9.17, 15) is 24.3 Å². The molecule has 3 aromatic rings. The predicted molar refractivity (Wildman–Crippen MR) is 169 cm³/mol. The summed E-state index contributed by atoms with van der Waals surface area (Å²) in [6.45, 7) is 1.98. The molecule has 2 amide bonds. The number of amides is 2. The number of carbonyl (C=O) groups excluding carboxylic acids is 3. The lowest BCUT2D eigenvalue weighted by Gasteiger charge is -2.14. The van der Waals surface area contributed by atoms with Crippen molar-refractivity contribution in [2.45, 2.75) is 43.9 Å². The molecule has 1 aromatic heterocycles. The van der Waals surface area contributed by atoms with Gasteiger partial charge >= 0.3 is 11.9 Å². The maximum absolute atomic E-state index is 13.1. The second-order valence-corrected chi connectivity index (χ2v) is 12.8. The number of anilines is 2. The average molecular weight is 690 g/mol. The average Bonchev–Trinajstić information content (AvgIpc) is 3.12. The van der Waals surface area contributed by atoms with E-state index >= 15 is 0 Å². The Labute approximate surface area is 270 Å².